The molecule has 17 heavy (non-hydrogen) atoms. The molecule has 3 nitrogen and oxygen atoms in total. The molecule has 0 radical (unpaired) electrons. The first-order chi connectivity index (χ1) is 7.98. The minimum absolute atomic E-state index is 0.230. The van der Waals surface area contributed by atoms with Crippen LogP contribution in [-0.4, -0.2) is 26.0 Å². The summed E-state index contributed by atoms with van der Waals surface area (Å²) in [6.45, 7) is 0. The predicted molar refractivity (Wildman–Crippen MR) is 77.1 cm³/mol. The Hall–Kier alpha value is -0.0700. The molecule has 0 aliphatic carbocycles. The summed E-state index contributed by atoms with van der Waals surface area (Å²) in [5.41, 5.74) is 0.997. The highest BCUT2D eigenvalue weighted by Crippen LogP contribution is 2.32. The van der Waals surface area contributed by atoms with Crippen LogP contribution in [-0.2, 0) is 9.84 Å². The van der Waals surface area contributed by atoms with Gasteiger partial charge in [0.05, 0.1) is 17.2 Å². The number of sulfone groups is 1. The highest BCUT2D eigenvalue weighted by Gasteiger charge is 2.24. The van der Waals surface area contributed by atoms with Crippen molar-refractivity contribution in [1.29, 1.82) is 0 Å². The van der Waals surface area contributed by atoms with E-state index in [1.807, 2.05) is 18.2 Å². The summed E-state index contributed by atoms with van der Waals surface area (Å²) in [4.78, 5) is 0. The highest BCUT2D eigenvalue weighted by atomic mass is 79.9. The fourth-order valence-electron chi connectivity index (χ4n) is 1.87. The molecule has 0 unspecified atom stereocenters. The van der Waals surface area contributed by atoms with Crippen LogP contribution in [0.3, 0.4) is 0 Å². The summed E-state index contributed by atoms with van der Waals surface area (Å²) in [6.07, 6.45) is 1.35. The largest absolute Gasteiger partial charge is 0.380 e. The Balaban J connectivity index is 2.08. The first-order valence-electron chi connectivity index (χ1n) is 5.39. The maximum atomic E-state index is 11.3. The Kier molecular flexibility index (Phi) is 4.15. The summed E-state index contributed by atoms with van der Waals surface area (Å²) >= 11 is 6.97. The summed E-state index contributed by atoms with van der Waals surface area (Å²) < 4.78 is 24.6. The van der Waals surface area contributed by atoms with Crippen LogP contribution in [0.2, 0.25) is 0 Å². The summed E-state index contributed by atoms with van der Waals surface area (Å²) in [5, 5.41) is 3.40. The van der Waals surface area contributed by atoms with Gasteiger partial charge in [-0.15, -0.1) is 0 Å². The standard InChI is InChI=1S/C11H13Br2NO2S/c12-9-2-1-3-10(13)11(9)14-8-4-6-17(15,16)7-5-8/h1-3,8,14H,4-7H2. The smallest absolute Gasteiger partial charge is 0.150 e. The fourth-order valence-corrected chi connectivity index (χ4v) is 4.59. The molecule has 1 aliphatic heterocycles. The third-order valence-corrected chi connectivity index (χ3v) is 5.90. The van der Waals surface area contributed by atoms with Crippen LogP contribution in [0, 0.1) is 0 Å². The second kappa shape index (κ2) is 5.28. The summed E-state index contributed by atoms with van der Waals surface area (Å²) in [7, 11) is -2.79. The average molecular weight is 383 g/mol. The van der Waals surface area contributed by atoms with E-state index in [9.17, 15) is 8.42 Å². The van der Waals surface area contributed by atoms with Crippen LogP contribution in [0.1, 0.15) is 12.8 Å². The maximum absolute atomic E-state index is 11.3. The maximum Gasteiger partial charge on any atom is 0.150 e. The summed E-state index contributed by atoms with van der Waals surface area (Å²) in [6, 6.07) is 6.11. The molecule has 1 aromatic rings. The number of para-hydroxylation sites is 1. The van der Waals surface area contributed by atoms with Gasteiger partial charge in [-0.05, 0) is 56.8 Å². The van der Waals surface area contributed by atoms with Gasteiger partial charge in [0.25, 0.3) is 0 Å². The lowest BCUT2D eigenvalue weighted by atomic mass is 10.1. The molecule has 1 N–H and O–H groups in total. The monoisotopic (exact) mass is 381 g/mol. The fraction of sp³-hybridized carbons (Fsp3) is 0.455. The van der Waals surface area contributed by atoms with Gasteiger partial charge in [0.1, 0.15) is 9.84 Å². The average Bonchev–Trinajstić information content (AvgIpc) is 2.26. The van der Waals surface area contributed by atoms with Crippen LogP contribution in [0.25, 0.3) is 0 Å². The Labute approximate surface area is 118 Å². The lowest BCUT2D eigenvalue weighted by Crippen LogP contribution is -2.32. The number of anilines is 1. The number of hydrogen-bond donors (Lipinski definition) is 1. The molecule has 0 amide bonds. The second-order valence-electron chi connectivity index (χ2n) is 4.17. The molecular formula is C11H13Br2NO2S. The molecule has 0 atom stereocenters. The first-order valence-corrected chi connectivity index (χ1v) is 8.80. The van der Waals surface area contributed by atoms with Gasteiger partial charge in [0.15, 0.2) is 0 Å². The van der Waals surface area contributed by atoms with Crippen molar-refractivity contribution in [3.63, 3.8) is 0 Å². The van der Waals surface area contributed by atoms with Crippen LogP contribution >= 0.6 is 31.9 Å². The first kappa shape index (κ1) is 13.4. The van der Waals surface area contributed by atoms with E-state index in [-0.39, 0.29) is 17.5 Å². The third-order valence-electron chi connectivity index (χ3n) is 2.87. The van der Waals surface area contributed by atoms with Crippen molar-refractivity contribution in [2.24, 2.45) is 0 Å². The number of nitrogens with one attached hydrogen (secondary N) is 1. The van der Waals surface area contributed by atoms with E-state index in [0.29, 0.717) is 12.8 Å². The predicted octanol–water partition coefficient (Wildman–Crippen LogP) is 3.20. The quantitative estimate of drug-likeness (QED) is 0.854. The van der Waals surface area contributed by atoms with Crippen molar-refractivity contribution < 1.29 is 8.42 Å². The van der Waals surface area contributed by atoms with E-state index in [0.717, 1.165) is 14.6 Å². The van der Waals surface area contributed by atoms with Gasteiger partial charge in [-0.25, -0.2) is 8.42 Å². The molecule has 0 spiro atoms. The van der Waals surface area contributed by atoms with Crippen molar-refractivity contribution >= 4 is 47.4 Å². The van der Waals surface area contributed by atoms with E-state index < -0.39 is 9.84 Å². The zero-order chi connectivity index (χ0) is 12.5. The van der Waals surface area contributed by atoms with Gasteiger partial charge >= 0.3 is 0 Å². The van der Waals surface area contributed by atoms with Crippen molar-refractivity contribution in [2.75, 3.05) is 16.8 Å². The van der Waals surface area contributed by atoms with Crippen molar-refractivity contribution in [3.8, 4) is 0 Å². The van der Waals surface area contributed by atoms with Gasteiger partial charge in [-0.1, -0.05) is 6.07 Å². The SMILES string of the molecule is O=S1(=O)CCC(Nc2c(Br)cccc2Br)CC1. The van der Waals surface area contributed by atoms with Gasteiger partial charge in [0, 0.05) is 15.0 Å². The number of benzene rings is 1. The lowest BCUT2D eigenvalue weighted by molar-refractivity contribution is 0.559. The van der Waals surface area contributed by atoms with Crippen LogP contribution in [0.4, 0.5) is 5.69 Å². The zero-order valence-corrected chi connectivity index (χ0v) is 13.1. The van der Waals surface area contributed by atoms with Crippen LogP contribution in [0.5, 0.6) is 0 Å². The Bertz CT molecular complexity index is 482. The van der Waals surface area contributed by atoms with Crippen molar-refractivity contribution in [2.45, 2.75) is 18.9 Å². The number of halogens is 2. The molecule has 0 bridgehead atoms. The van der Waals surface area contributed by atoms with Gasteiger partial charge in [-0.2, -0.15) is 0 Å². The molecule has 94 valence electrons. The van der Waals surface area contributed by atoms with Crippen LogP contribution < -0.4 is 5.32 Å². The van der Waals surface area contributed by atoms with Gasteiger partial charge < -0.3 is 5.32 Å². The van der Waals surface area contributed by atoms with Crippen molar-refractivity contribution in [3.05, 3.63) is 27.1 Å². The van der Waals surface area contributed by atoms with E-state index in [1.54, 1.807) is 0 Å². The zero-order valence-electron chi connectivity index (χ0n) is 9.12. The normalized spacial score (nSPS) is 20.1. The molecule has 2 rings (SSSR count). The molecule has 0 saturated carbocycles. The molecule has 1 heterocycles. The minimum Gasteiger partial charge on any atom is -0.380 e. The number of rotatable bonds is 2. The molecule has 1 saturated heterocycles. The minimum atomic E-state index is -2.79. The molecule has 1 aromatic carbocycles. The topological polar surface area (TPSA) is 46.2 Å². The van der Waals surface area contributed by atoms with Gasteiger partial charge in [0.2, 0.25) is 0 Å². The van der Waals surface area contributed by atoms with Crippen LogP contribution in [0.15, 0.2) is 27.1 Å². The van der Waals surface area contributed by atoms with Gasteiger partial charge in [-0.3, -0.25) is 0 Å². The Morgan fingerprint density at radius 2 is 1.65 bits per heavy atom. The Morgan fingerprint density at radius 3 is 2.18 bits per heavy atom. The molecule has 1 fully saturated rings. The molecule has 0 aromatic heterocycles. The Morgan fingerprint density at radius 1 is 1.12 bits per heavy atom. The van der Waals surface area contributed by atoms with E-state index >= 15 is 0 Å². The van der Waals surface area contributed by atoms with E-state index in [1.165, 1.54) is 0 Å². The van der Waals surface area contributed by atoms with Crippen molar-refractivity contribution in [1.82, 2.24) is 0 Å². The second-order valence-corrected chi connectivity index (χ2v) is 8.18. The highest BCUT2D eigenvalue weighted by molar-refractivity contribution is 9.11. The number of hydrogen-bond acceptors (Lipinski definition) is 3. The third kappa shape index (κ3) is 3.45. The van der Waals surface area contributed by atoms with E-state index in [2.05, 4.69) is 37.2 Å². The molecular weight excluding hydrogens is 370 g/mol. The summed E-state index contributed by atoms with van der Waals surface area (Å²) in [5.74, 6) is 0.569. The lowest BCUT2D eigenvalue weighted by Gasteiger charge is -2.25. The van der Waals surface area contributed by atoms with E-state index in [4.69, 9.17) is 0 Å². The molecule has 1 aliphatic rings. The molecule has 6 heteroatoms.